The molecule has 1 aliphatic carbocycles. The zero-order valence-corrected chi connectivity index (χ0v) is 11.7. The standard InChI is InChI=1S/C15H24N2/c1-10(2)12-7-6-11-8-16-17-9-13(11)14(12)15(3,4)5/h8-10,12,14H,6-7H2,1-5H3. The third kappa shape index (κ3) is 2.36. The first-order valence-electron chi connectivity index (χ1n) is 6.70. The lowest BCUT2D eigenvalue weighted by Crippen LogP contribution is -2.33. The van der Waals surface area contributed by atoms with Crippen molar-refractivity contribution in [1.82, 2.24) is 10.2 Å². The predicted octanol–water partition coefficient (Wildman–Crippen LogP) is 3.82. The number of hydrogen-bond donors (Lipinski definition) is 0. The number of rotatable bonds is 1. The molecule has 2 unspecified atom stereocenters. The summed E-state index contributed by atoms with van der Waals surface area (Å²) in [5.41, 5.74) is 3.15. The van der Waals surface area contributed by atoms with E-state index in [1.807, 2.05) is 12.4 Å². The van der Waals surface area contributed by atoms with Crippen LogP contribution in [0.4, 0.5) is 0 Å². The van der Waals surface area contributed by atoms with Gasteiger partial charge in [0.05, 0.1) is 12.4 Å². The molecule has 2 heteroatoms. The Hall–Kier alpha value is -0.920. The number of fused-ring (bicyclic) bond motifs is 1. The Morgan fingerprint density at radius 3 is 2.41 bits per heavy atom. The summed E-state index contributed by atoms with van der Waals surface area (Å²) in [6.45, 7) is 11.7. The minimum absolute atomic E-state index is 0.299. The first kappa shape index (κ1) is 12.5. The van der Waals surface area contributed by atoms with Crippen LogP contribution in [0.3, 0.4) is 0 Å². The summed E-state index contributed by atoms with van der Waals surface area (Å²) in [5.74, 6) is 2.12. The van der Waals surface area contributed by atoms with Crippen molar-refractivity contribution in [3.63, 3.8) is 0 Å². The van der Waals surface area contributed by atoms with E-state index in [9.17, 15) is 0 Å². The number of aromatic nitrogens is 2. The monoisotopic (exact) mass is 232 g/mol. The molecule has 2 rings (SSSR count). The minimum Gasteiger partial charge on any atom is -0.159 e. The molecule has 1 aliphatic rings. The van der Waals surface area contributed by atoms with Gasteiger partial charge in [-0.25, -0.2) is 0 Å². The van der Waals surface area contributed by atoms with E-state index in [0.717, 1.165) is 11.8 Å². The Morgan fingerprint density at radius 1 is 1.18 bits per heavy atom. The molecule has 94 valence electrons. The van der Waals surface area contributed by atoms with E-state index in [-0.39, 0.29) is 0 Å². The number of aryl methyl sites for hydroxylation is 1. The van der Waals surface area contributed by atoms with Crippen molar-refractivity contribution in [3.05, 3.63) is 23.5 Å². The highest BCUT2D eigenvalue weighted by atomic mass is 15.1. The van der Waals surface area contributed by atoms with Crippen LogP contribution in [0.1, 0.15) is 58.1 Å². The summed E-state index contributed by atoms with van der Waals surface area (Å²) in [4.78, 5) is 0. The van der Waals surface area contributed by atoms with Crippen LogP contribution < -0.4 is 0 Å². The first-order valence-corrected chi connectivity index (χ1v) is 6.70. The van der Waals surface area contributed by atoms with Gasteiger partial charge in [-0.05, 0) is 47.1 Å². The number of nitrogens with zero attached hydrogens (tertiary/aromatic N) is 2. The summed E-state index contributed by atoms with van der Waals surface area (Å²) < 4.78 is 0. The molecule has 1 aromatic rings. The molecular formula is C15H24N2. The minimum atomic E-state index is 0.299. The Balaban J connectivity index is 2.46. The Morgan fingerprint density at radius 2 is 1.82 bits per heavy atom. The quantitative estimate of drug-likeness (QED) is 0.735. The van der Waals surface area contributed by atoms with Gasteiger partial charge in [0.2, 0.25) is 0 Å². The van der Waals surface area contributed by atoms with Gasteiger partial charge in [0.25, 0.3) is 0 Å². The maximum atomic E-state index is 4.11. The summed E-state index contributed by atoms with van der Waals surface area (Å²) in [5, 5.41) is 8.14. The highest BCUT2D eigenvalue weighted by Gasteiger charge is 2.38. The van der Waals surface area contributed by atoms with E-state index in [4.69, 9.17) is 0 Å². The van der Waals surface area contributed by atoms with Crippen molar-refractivity contribution < 1.29 is 0 Å². The Bertz CT molecular complexity index is 390. The molecule has 0 spiro atoms. The van der Waals surface area contributed by atoms with Crippen LogP contribution in [-0.2, 0) is 6.42 Å². The summed E-state index contributed by atoms with van der Waals surface area (Å²) >= 11 is 0. The highest BCUT2D eigenvalue weighted by Crippen LogP contribution is 2.48. The van der Waals surface area contributed by atoms with Gasteiger partial charge in [0.1, 0.15) is 0 Å². The van der Waals surface area contributed by atoms with Crippen LogP contribution in [0.15, 0.2) is 12.4 Å². The lowest BCUT2D eigenvalue weighted by Gasteiger charge is -2.43. The predicted molar refractivity (Wildman–Crippen MR) is 70.9 cm³/mol. The van der Waals surface area contributed by atoms with Crippen LogP contribution in [0, 0.1) is 17.3 Å². The summed E-state index contributed by atoms with van der Waals surface area (Å²) in [7, 11) is 0. The second kappa shape index (κ2) is 4.40. The molecule has 1 heterocycles. The Kier molecular flexibility index (Phi) is 3.24. The SMILES string of the molecule is CC(C)C1CCc2cnncc2C1C(C)(C)C. The normalized spacial score (nSPS) is 24.8. The van der Waals surface area contributed by atoms with Crippen molar-refractivity contribution in [2.45, 2.75) is 53.4 Å². The fourth-order valence-electron chi connectivity index (χ4n) is 3.39. The third-order valence-electron chi connectivity index (χ3n) is 4.15. The third-order valence-corrected chi connectivity index (χ3v) is 4.15. The summed E-state index contributed by atoms with van der Waals surface area (Å²) in [6, 6.07) is 0. The van der Waals surface area contributed by atoms with Gasteiger partial charge >= 0.3 is 0 Å². The lowest BCUT2D eigenvalue weighted by molar-refractivity contribution is 0.169. The van der Waals surface area contributed by atoms with Crippen molar-refractivity contribution in [2.75, 3.05) is 0 Å². The van der Waals surface area contributed by atoms with E-state index in [0.29, 0.717) is 11.3 Å². The molecule has 0 saturated heterocycles. The molecule has 0 bridgehead atoms. The van der Waals surface area contributed by atoms with E-state index in [2.05, 4.69) is 44.8 Å². The van der Waals surface area contributed by atoms with Crippen LogP contribution in [0.25, 0.3) is 0 Å². The van der Waals surface area contributed by atoms with Crippen molar-refractivity contribution >= 4 is 0 Å². The van der Waals surface area contributed by atoms with E-state index in [1.54, 1.807) is 0 Å². The van der Waals surface area contributed by atoms with Gasteiger partial charge in [-0.1, -0.05) is 34.6 Å². The van der Waals surface area contributed by atoms with Crippen LogP contribution in [0.5, 0.6) is 0 Å². The average molecular weight is 232 g/mol. The van der Waals surface area contributed by atoms with Gasteiger partial charge in [0, 0.05) is 0 Å². The maximum absolute atomic E-state index is 4.11. The highest BCUT2D eigenvalue weighted by molar-refractivity contribution is 5.30. The molecule has 0 aliphatic heterocycles. The van der Waals surface area contributed by atoms with Crippen molar-refractivity contribution in [2.24, 2.45) is 17.3 Å². The molecule has 0 radical (unpaired) electrons. The van der Waals surface area contributed by atoms with E-state index in [1.165, 1.54) is 24.0 Å². The topological polar surface area (TPSA) is 25.8 Å². The van der Waals surface area contributed by atoms with Gasteiger partial charge in [0.15, 0.2) is 0 Å². The van der Waals surface area contributed by atoms with Gasteiger partial charge in [-0.3, -0.25) is 0 Å². The average Bonchev–Trinajstić information content (AvgIpc) is 2.26. The van der Waals surface area contributed by atoms with Crippen molar-refractivity contribution in [3.8, 4) is 0 Å². The molecule has 0 fully saturated rings. The van der Waals surface area contributed by atoms with Gasteiger partial charge in [-0.15, -0.1) is 0 Å². The molecule has 1 aromatic heterocycles. The summed E-state index contributed by atoms with van der Waals surface area (Å²) in [6.07, 6.45) is 6.42. The largest absolute Gasteiger partial charge is 0.159 e. The maximum Gasteiger partial charge on any atom is 0.0534 e. The molecule has 2 nitrogen and oxygen atoms in total. The zero-order valence-electron chi connectivity index (χ0n) is 11.7. The second-order valence-electron chi connectivity index (χ2n) is 6.76. The lowest BCUT2D eigenvalue weighted by atomic mass is 9.61. The zero-order chi connectivity index (χ0) is 12.6. The number of hydrogen-bond acceptors (Lipinski definition) is 2. The molecule has 17 heavy (non-hydrogen) atoms. The first-order chi connectivity index (χ1) is 7.91. The van der Waals surface area contributed by atoms with Crippen LogP contribution in [0.2, 0.25) is 0 Å². The van der Waals surface area contributed by atoms with E-state index >= 15 is 0 Å². The molecule has 2 atom stereocenters. The fourth-order valence-corrected chi connectivity index (χ4v) is 3.39. The fraction of sp³-hybridized carbons (Fsp3) is 0.733. The molecular weight excluding hydrogens is 208 g/mol. The van der Waals surface area contributed by atoms with Crippen molar-refractivity contribution in [1.29, 1.82) is 0 Å². The Labute approximate surface area is 105 Å². The smallest absolute Gasteiger partial charge is 0.0534 e. The molecule has 0 saturated carbocycles. The van der Waals surface area contributed by atoms with E-state index < -0.39 is 0 Å². The van der Waals surface area contributed by atoms with Gasteiger partial charge < -0.3 is 0 Å². The van der Waals surface area contributed by atoms with Crippen LogP contribution in [-0.4, -0.2) is 10.2 Å². The van der Waals surface area contributed by atoms with Gasteiger partial charge in [-0.2, -0.15) is 10.2 Å². The molecule has 0 N–H and O–H groups in total. The molecule has 0 amide bonds. The second-order valence-corrected chi connectivity index (χ2v) is 6.76. The molecule has 0 aromatic carbocycles. The van der Waals surface area contributed by atoms with Crippen LogP contribution >= 0.6 is 0 Å².